The van der Waals surface area contributed by atoms with Gasteiger partial charge in [0.15, 0.2) is 0 Å². The van der Waals surface area contributed by atoms with E-state index in [1.54, 1.807) is 5.56 Å². The molecular weight excluding hydrogens is 882 g/mol. The zero-order chi connectivity index (χ0) is 52.1. The van der Waals surface area contributed by atoms with Gasteiger partial charge in [-0.15, -0.1) is 0 Å². The lowest BCUT2D eigenvalue weighted by Crippen LogP contribution is -2.64. The van der Waals surface area contributed by atoms with Gasteiger partial charge >= 0.3 is 0 Å². The first kappa shape index (κ1) is 49.2. The van der Waals surface area contributed by atoms with Gasteiger partial charge in [-0.3, -0.25) is 0 Å². The van der Waals surface area contributed by atoms with E-state index in [-0.39, 0.29) is 39.3 Å². The summed E-state index contributed by atoms with van der Waals surface area (Å²) in [6.07, 6.45) is 4.89. The van der Waals surface area contributed by atoms with Crippen molar-refractivity contribution >= 4 is 68.6 Å². The summed E-state index contributed by atoms with van der Waals surface area (Å²) in [5, 5.41) is 0. The van der Waals surface area contributed by atoms with Gasteiger partial charge in [-0.25, -0.2) is 0 Å². The van der Waals surface area contributed by atoms with Gasteiger partial charge in [-0.05, 0) is 177 Å². The fourth-order valence-electron chi connectivity index (χ4n) is 13.5. The Morgan fingerprint density at radius 1 is 0.493 bits per heavy atom. The summed E-state index contributed by atoms with van der Waals surface area (Å²) in [5.74, 6) is 0. The van der Waals surface area contributed by atoms with Crippen LogP contribution in [0.25, 0.3) is 11.1 Å². The Kier molecular flexibility index (Phi) is 11.1. The summed E-state index contributed by atoms with van der Waals surface area (Å²) < 4.78 is 0. The van der Waals surface area contributed by atoms with Crippen molar-refractivity contribution in [2.75, 3.05) is 14.7 Å². The molecule has 4 heteroatoms. The van der Waals surface area contributed by atoms with Crippen LogP contribution in [-0.4, -0.2) is 12.3 Å². The minimum Gasteiger partial charge on any atom is -0.335 e. The number of hydrogen-bond donors (Lipinski definition) is 0. The molecule has 3 nitrogen and oxygen atoms in total. The Morgan fingerprint density at radius 2 is 1.05 bits per heavy atom. The first-order valence-electron chi connectivity index (χ1n) is 27.5. The average molecular weight is 962 g/mol. The Balaban J connectivity index is 1.26. The summed E-state index contributed by atoms with van der Waals surface area (Å²) in [4.78, 5) is 8.14. The van der Waals surface area contributed by atoms with Crippen LogP contribution < -0.4 is 31.1 Å². The van der Waals surface area contributed by atoms with Gasteiger partial charge in [0, 0.05) is 50.8 Å². The molecule has 1 fully saturated rings. The molecular formula is C69H80BN3. The van der Waals surface area contributed by atoms with E-state index in [0.29, 0.717) is 0 Å². The molecule has 0 radical (unpaired) electrons. The molecule has 3 heterocycles. The van der Waals surface area contributed by atoms with Crippen molar-refractivity contribution in [3.63, 3.8) is 0 Å². The number of nitrogens with zero attached hydrogens (tertiary/aromatic N) is 3. The Hall–Kier alpha value is -6.00. The maximum Gasteiger partial charge on any atom is 0.252 e. The monoisotopic (exact) mass is 962 g/mol. The predicted molar refractivity (Wildman–Crippen MR) is 318 cm³/mol. The van der Waals surface area contributed by atoms with E-state index in [2.05, 4.69) is 260 Å². The molecule has 0 bridgehead atoms. The second kappa shape index (κ2) is 16.5. The van der Waals surface area contributed by atoms with Crippen LogP contribution in [0.15, 0.2) is 127 Å². The first-order chi connectivity index (χ1) is 34.2. The summed E-state index contributed by atoms with van der Waals surface area (Å²) in [7, 11) is 0. The third-order valence-corrected chi connectivity index (χ3v) is 18.1. The minimum absolute atomic E-state index is 0.0116. The van der Waals surface area contributed by atoms with E-state index in [4.69, 9.17) is 0 Å². The molecule has 1 saturated carbocycles. The average Bonchev–Trinajstić information content (AvgIpc) is 3.53. The Labute approximate surface area is 440 Å². The third-order valence-electron chi connectivity index (χ3n) is 18.1. The van der Waals surface area contributed by atoms with Gasteiger partial charge < -0.3 is 14.7 Å². The van der Waals surface area contributed by atoms with Gasteiger partial charge in [0.1, 0.15) is 0 Å². The van der Waals surface area contributed by atoms with Crippen molar-refractivity contribution in [2.24, 2.45) is 0 Å². The van der Waals surface area contributed by atoms with E-state index in [1.807, 2.05) is 0 Å². The zero-order valence-electron chi connectivity index (χ0n) is 47.4. The second-order valence-corrected chi connectivity index (χ2v) is 27.3. The highest BCUT2D eigenvalue weighted by Crippen LogP contribution is 2.62. The summed E-state index contributed by atoms with van der Waals surface area (Å²) >= 11 is 0. The van der Waals surface area contributed by atoms with E-state index >= 15 is 0 Å². The van der Waals surface area contributed by atoms with Crippen LogP contribution in [-0.2, 0) is 27.1 Å². The quantitative estimate of drug-likeness (QED) is 0.159. The van der Waals surface area contributed by atoms with Crippen LogP contribution in [0.3, 0.4) is 0 Å². The topological polar surface area (TPSA) is 9.72 Å². The van der Waals surface area contributed by atoms with Crippen molar-refractivity contribution < 1.29 is 0 Å². The van der Waals surface area contributed by atoms with Crippen molar-refractivity contribution in [1.82, 2.24) is 0 Å². The molecule has 2 atom stereocenters. The van der Waals surface area contributed by atoms with Gasteiger partial charge in [0.05, 0.1) is 11.2 Å². The van der Waals surface area contributed by atoms with Crippen LogP contribution in [0, 0.1) is 20.8 Å². The number of anilines is 8. The largest absolute Gasteiger partial charge is 0.335 e. The molecule has 4 aliphatic rings. The van der Waals surface area contributed by atoms with Crippen LogP contribution in [0.4, 0.5) is 45.5 Å². The van der Waals surface area contributed by atoms with Crippen molar-refractivity contribution in [3.05, 3.63) is 172 Å². The van der Waals surface area contributed by atoms with E-state index < -0.39 is 0 Å². The van der Waals surface area contributed by atoms with E-state index in [0.717, 1.165) is 5.69 Å². The lowest BCUT2D eigenvalue weighted by atomic mass is 9.33. The molecule has 1 aliphatic carbocycles. The highest BCUT2D eigenvalue weighted by molar-refractivity contribution is 7.00. The van der Waals surface area contributed by atoms with Crippen LogP contribution in [0.1, 0.15) is 167 Å². The number of rotatable bonds is 5. The number of benzene rings is 7. The molecule has 73 heavy (non-hydrogen) atoms. The molecule has 7 aromatic rings. The van der Waals surface area contributed by atoms with E-state index in [9.17, 15) is 0 Å². The normalized spacial score (nSPS) is 19.1. The second-order valence-electron chi connectivity index (χ2n) is 27.3. The van der Waals surface area contributed by atoms with Gasteiger partial charge in [-0.1, -0.05) is 182 Å². The lowest BCUT2D eigenvalue weighted by molar-refractivity contribution is 0.195. The standard InChI is InChI=1S/C69H80BN3/c1-43-35-60-62-61(36-43)73-63-53(68(16)33-21-22-34-69(68,73)17)40-50(67(13,14)15)41-55(63)70(62)54-29-28-51(42-59(54)72(60)58-32-27-49(66(10,11)12)39-52(58)46-23-19-18-20-24-46)71(56-30-25-47(37-44(56)2)64(4,5)6)57-31-26-48(38-45(57)3)65(7,8)9/h18-20,23-32,35-42H,21-22,33-34H2,1-17H3. The zero-order valence-corrected chi connectivity index (χ0v) is 47.4. The van der Waals surface area contributed by atoms with Gasteiger partial charge in [0.2, 0.25) is 0 Å². The fraction of sp³-hybridized carbons (Fsp3) is 0.391. The number of hydrogen-bond acceptors (Lipinski definition) is 3. The molecule has 374 valence electrons. The highest BCUT2D eigenvalue weighted by atomic mass is 15.3. The summed E-state index contributed by atoms with van der Waals surface area (Å²) in [6.45, 7) is 40.4. The lowest BCUT2D eigenvalue weighted by Gasteiger charge is -2.53. The number of fused-ring (bicyclic) bond motifs is 7. The Bertz CT molecular complexity index is 3310. The molecule has 11 rings (SSSR count). The van der Waals surface area contributed by atoms with E-state index in [1.165, 1.54) is 132 Å². The molecule has 3 aliphatic heterocycles. The van der Waals surface area contributed by atoms with Crippen LogP contribution in [0.5, 0.6) is 0 Å². The minimum atomic E-state index is -0.0643. The molecule has 0 saturated heterocycles. The third kappa shape index (κ3) is 7.65. The fourth-order valence-corrected chi connectivity index (χ4v) is 13.5. The Morgan fingerprint density at radius 3 is 1.64 bits per heavy atom. The number of aryl methyl sites for hydroxylation is 3. The van der Waals surface area contributed by atoms with Crippen LogP contribution >= 0.6 is 0 Å². The maximum absolute atomic E-state index is 2.89. The molecule has 0 N–H and O–H groups in total. The molecule has 0 aromatic heterocycles. The van der Waals surface area contributed by atoms with Crippen molar-refractivity contribution in [1.29, 1.82) is 0 Å². The van der Waals surface area contributed by atoms with Crippen molar-refractivity contribution in [2.45, 2.75) is 176 Å². The molecule has 7 aromatic carbocycles. The van der Waals surface area contributed by atoms with Gasteiger partial charge in [0.25, 0.3) is 6.71 Å². The molecule has 0 spiro atoms. The molecule has 0 amide bonds. The van der Waals surface area contributed by atoms with Crippen LogP contribution in [0.2, 0.25) is 0 Å². The predicted octanol–water partition coefficient (Wildman–Crippen LogP) is 17.3. The first-order valence-corrected chi connectivity index (χ1v) is 27.5. The summed E-state index contributed by atoms with van der Waals surface area (Å²) in [5.41, 5.74) is 27.7. The summed E-state index contributed by atoms with van der Waals surface area (Å²) in [6, 6.07) is 50.7. The van der Waals surface area contributed by atoms with Crippen molar-refractivity contribution in [3.8, 4) is 11.1 Å². The highest BCUT2D eigenvalue weighted by Gasteiger charge is 2.61. The maximum atomic E-state index is 2.89. The molecule has 2 unspecified atom stereocenters. The van der Waals surface area contributed by atoms with Gasteiger partial charge in [-0.2, -0.15) is 0 Å². The smallest absolute Gasteiger partial charge is 0.252 e. The SMILES string of the molecule is Cc1cc2c3c(c1)N1c4c(cc(C(C)(C)C)cc4C4(C)CCCCC14C)B3c1ccc(N(c3ccc(C(C)(C)C)cc3C)c3ccc(C(C)(C)C)cc3C)cc1N2c1ccc(C(C)(C)C)cc1-c1ccccc1.